The summed E-state index contributed by atoms with van der Waals surface area (Å²) in [6.07, 6.45) is 7.90. The minimum absolute atomic E-state index is 0.0704. The normalized spacial score (nSPS) is 22.2. The smallest absolute Gasteiger partial charge is 0.416 e. The Morgan fingerprint density at radius 2 is 1.87 bits per heavy atom. The first-order valence-electron chi connectivity index (χ1n) is 8.77. The molecule has 1 aliphatic heterocycles. The second-order valence-corrected chi connectivity index (χ2v) is 6.73. The average Bonchev–Trinajstić information content (AvgIpc) is 2.95. The van der Waals surface area contributed by atoms with Crippen molar-refractivity contribution in [2.24, 2.45) is 5.92 Å². The average molecular weight is 315 g/mol. The van der Waals surface area contributed by atoms with Crippen molar-refractivity contribution in [2.45, 2.75) is 57.4 Å². The molecule has 23 heavy (non-hydrogen) atoms. The molecule has 3 rings (SSSR count). The van der Waals surface area contributed by atoms with Crippen LogP contribution in [0.3, 0.4) is 0 Å². The van der Waals surface area contributed by atoms with Crippen molar-refractivity contribution >= 4 is 12.0 Å². The van der Waals surface area contributed by atoms with Crippen molar-refractivity contribution in [3.8, 4) is 0 Å². The largest absolute Gasteiger partial charge is 0.447 e. The van der Waals surface area contributed by atoms with Crippen molar-refractivity contribution in [1.29, 1.82) is 0 Å². The van der Waals surface area contributed by atoms with Crippen LogP contribution >= 0.6 is 0 Å². The van der Waals surface area contributed by atoms with Gasteiger partial charge in [-0.1, -0.05) is 62.4 Å². The highest BCUT2D eigenvalue weighted by Gasteiger charge is 2.37. The molecule has 0 bridgehead atoms. The number of cyclic esters (lactones) is 1. The summed E-state index contributed by atoms with van der Waals surface area (Å²) >= 11 is 0. The van der Waals surface area contributed by atoms with Gasteiger partial charge in [0.15, 0.2) is 0 Å². The number of imide groups is 1. The third-order valence-electron chi connectivity index (χ3n) is 5.04. The highest BCUT2D eigenvalue weighted by atomic mass is 16.6. The Labute approximate surface area is 137 Å². The summed E-state index contributed by atoms with van der Waals surface area (Å²) in [6, 6.07) is 9.79. The number of amides is 2. The number of hydrogen-bond donors (Lipinski definition) is 0. The third-order valence-corrected chi connectivity index (χ3v) is 5.04. The third kappa shape index (κ3) is 4.12. The number of carbonyl (C=O) groups excluding carboxylic acids is 2. The van der Waals surface area contributed by atoms with Crippen LogP contribution in [0.5, 0.6) is 0 Å². The molecular weight excluding hydrogens is 290 g/mol. The molecule has 1 unspecified atom stereocenters. The van der Waals surface area contributed by atoms with Gasteiger partial charge in [0.25, 0.3) is 0 Å². The van der Waals surface area contributed by atoms with E-state index in [9.17, 15) is 9.59 Å². The Bertz CT molecular complexity index is 537. The van der Waals surface area contributed by atoms with Crippen LogP contribution < -0.4 is 0 Å². The van der Waals surface area contributed by atoms with Gasteiger partial charge in [-0.15, -0.1) is 0 Å². The van der Waals surface area contributed by atoms with Crippen LogP contribution in [0, 0.1) is 5.92 Å². The number of benzene rings is 1. The van der Waals surface area contributed by atoms with Crippen LogP contribution in [0.25, 0.3) is 0 Å². The lowest BCUT2D eigenvalue weighted by molar-refractivity contribution is -0.129. The van der Waals surface area contributed by atoms with Gasteiger partial charge >= 0.3 is 6.09 Å². The molecule has 1 saturated heterocycles. The molecule has 1 heterocycles. The van der Waals surface area contributed by atoms with E-state index in [-0.39, 0.29) is 11.9 Å². The predicted molar refractivity (Wildman–Crippen MR) is 87.9 cm³/mol. The molecule has 0 N–H and O–H groups in total. The van der Waals surface area contributed by atoms with Crippen LogP contribution in [0.1, 0.15) is 50.5 Å². The summed E-state index contributed by atoms with van der Waals surface area (Å²) in [6.45, 7) is 0.308. The molecule has 0 radical (unpaired) electrons. The molecule has 1 aromatic carbocycles. The van der Waals surface area contributed by atoms with Crippen molar-refractivity contribution < 1.29 is 14.3 Å². The lowest BCUT2D eigenvalue weighted by Gasteiger charge is -2.23. The number of hydrogen-bond acceptors (Lipinski definition) is 3. The van der Waals surface area contributed by atoms with E-state index in [1.54, 1.807) is 0 Å². The SMILES string of the molecule is O=C(CCC1CCCCC1)N1C(=O)OCC1Cc1ccccc1. The van der Waals surface area contributed by atoms with E-state index >= 15 is 0 Å². The molecule has 124 valence electrons. The topological polar surface area (TPSA) is 46.6 Å². The van der Waals surface area contributed by atoms with Crippen molar-refractivity contribution in [3.05, 3.63) is 35.9 Å². The minimum atomic E-state index is -0.473. The first-order valence-corrected chi connectivity index (χ1v) is 8.77. The van der Waals surface area contributed by atoms with Gasteiger partial charge < -0.3 is 4.74 Å². The first kappa shape index (κ1) is 16.0. The van der Waals surface area contributed by atoms with Crippen LogP contribution in [0.15, 0.2) is 30.3 Å². The van der Waals surface area contributed by atoms with Crippen molar-refractivity contribution in [3.63, 3.8) is 0 Å². The van der Waals surface area contributed by atoms with Crippen molar-refractivity contribution in [1.82, 2.24) is 4.90 Å². The highest BCUT2D eigenvalue weighted by molar-refractivity contribution is 5.93. The van der Waals surface area contributed by atoms with E-state index in [4.69, 9.17) is 4.74 Å². The maximum atomic E-state index is 12.5. The standard InChI is InChI=1S/C19H25NO3/c21-18(12-11-15-7-3-1-4-8-15)20-17(14-23-19(20)22)13-16-9-5-2-6-10-16/h2,5-6,9-10,15,17H,1,3-4,7-8,11-14H2. The maximum Gasteiger partial charge on any atom is 0.416 e. The van der Waals surface area contributed by atoms with Crippen LogP contribution in [0.2, 0.25) is 0 Å². The van der Waals surface area contributed by atoms with Gasteiger partial charge in [0.2, 0.25) is 5.91 Å². The summed E-state index contributed by atoms with van der Waals surface area (Å²) in [4.78, 5) is 25.8. The summed E-state index contributed by atoms with van der Waals surface area (Å²) in [5, 5.41) is 0. The van der Waals surface area contributed by atoms with E-state index in [1.807, 2.05) is 30.3 Å². The molecule has 2 aliphatic rings. The van der Waals surface area contributed by atoms with Gasteiger partial charge in [0.1, 0.15) is 6.61 Å². The molecule has 4 heteroatoms. The number of nitrogens with zero attached hydrogens (tertiary/aromatic N) is 1. The van der Waals surface area contributed by atoms with Gasteiger partial charge in [0, 0.05) is 6.42 Å². The van der Waals surface area contributed by atoms with Gasteiger partial charge in [0.05, 0.1) is 6.04 Å². The van der Waals surface area contributed by atoms with Gasteiger partial charge in [-0.3, -0.25) is 4.79 Å². The minimum Gasteiger partial charge on any atom is -0.447 e. The van der Waals surface area contributed by atoms with Crippen molar-refractivity contribution in [2.75, 3.05) is 6.61 Å². The molecule has 1 atom stereocenters. The quantitative estimate of drug-likeness (QED) is 0.827. The fourth-order valence-corrected chi connectivity index (χ4v) is 3.73. The molecular formula is C19H25NO3. The monoisotopic (exact) mass is 315 g/mol. The Kier molecular flexibility index (Phi) is 5.31. The lowest BCUT2D eigenvalue weighted by Crippen LogP contribution is -2.40. The second-order valence-electron chi connectivity index (χ2n) is 6.73. The number of carbonyl (C=O) groups is 2. The molecule has 0 aromatic heterocycles. The summed E-state index contributed by atoms with van der Waals surface area (Å²) < 4.78 is 5.13. The van der Waals surface area contributed by atoms with Crippen LogP contribution in [-0.2, 0) is 16.0 Å². The van der Waals surface area contributed by atoms with Crippen LogP contribution in [0.4, 0.5) is 4.79 Å². The Hall–Kier alpha value is -1.84. The van der Waals surface area contributed by atoms with E-state index in [0.29, 0.717) is 25.4 Å². The molecule has 2 amide bonds. The second kappa shape index (κ2) is 7.62. The number of ether oxygens (including phenoxy) is 1. The lowest BCUT2D eigenvalue weighted by atomic mass is 9.86. The fourth-order valence-electron chi connectivity index (χ4n) is 3.73. The Morgan fingerprint density at radius 3 is 2.61 bits per heavy atom. The zero-order valence-corrected chi connectivity index (χ0v) is 13.6. The molecule has 2 fully saturated rings. The Balaban J connectivity index is 1.56. The van der Waals surface area contributed by atoms with E-state index in [0.717, 1.165) is 12.0 Å². The molecule has 1 aromatic rings. The summed E-state index contributed by atoms with van der Waals surface area (Å²) in [5.74, 6) is 0.581. The van der Waals surface area contributed by atoms with E-state index < -0.39 is 6.09 Å². The highest BCUT2D eigenvalue weighted by Crippen LogP contribution is 2.28. The summed E-state index contributed by atoms with van der Waals surface area (Å²) in [7, 11) is 0. The molecule has 1 aliphatic carbocycles. The maximum absolute atomic E-state index is 12.5. The van der Waals surface area contributed by atoms with Gasteiger partial charge in [-0.25, -0.2) is 9.69 Å². The van der Waals surface area contributed by atoms with Gasteiger partial charge in [-0.2, -0.15) is 0 Å². The zero-order valence-electron chi connectivity index (χ0n) is 13.6. The fraction of sp³-hybridized carbons (Fsp3) is 0.579. The van der Waals surface area contributed by atoms with E-state index in [2.05, 4.69) is 0 Å². The van der Waals surface area contributed by atoms with E-state index in [1.165, 1.54) is 37.0 Å². The molecule has 1 saturated carbocycles. The van der Waals surface area contributed by atoms with Crippen LogP contribution in [-0.4, -0.2) is 29.5 Å². The molecule has 0 spiro atoms. The zero-order chi connectivity index (χ0) is 16.1. The molecule has 4 nitrogen and oxygen atoms in total. The first-order chi connectivity index (χ1) is 11.2. The Morgan fingerprint density at radius 1 is 1.13 bits per heavy atom. The number of rotatable bonds is 5. The summed E-state index contributed by atoms with van der Waals surface area (Å²) in [5.41, 5.74) is 1.13. The van der Waals surface area contributed by atoms with Gasteiger partial charge in [-0.05, 0) is 24.3 Å². The predicted octanol–water partition coefficient (Wildman–Crippen LogP) is 3.94.